The van der Waals surface area contributed by atoms with Crippen LogP contribution in [0.1, 0.15) is 11.1 Å². The molecule has 0 bridgehead atoms. The monoisotopic (exact) mass is 294 g/mol. The van der Waals surface area contributed by atoms with E-state index in [1.165, 1.54) is 0 Å². The maximum absolute atomic E-state index is 7.31. The van der Waals surface area contributed by atoms with Gasteiger partial charge in [-0.25, -0.2) is 0 Å². The number of ether oxygens (including phenoxy) is 1. The van der Waals surface area contributed by atoms with Gasteiger partial charge in [-0.2, -0.15) is 0 Å². The molecule has 3 N–H and O–H groups in total. The Labute approximate surface area is 121 Å². The van der Waals surface area contributed by atoms with E-state index in [1.807, 2.05) is 12.1 Å². The second-order valence-corrected chi connectivity index (χ2v) is 4.82. The minimum Gasteiger partial charge on any atom is -0.487 e. The van der Waals surface area contributed by atoms with Gasteiger partial charge in [-0.3, -0.25) is 5.41 Å². The lowest BCUT2D eigenvalue weighted by atomic mass is 10.1. The van der Waals surface area contributed by atoms with Crippen molar-refractivity contribution in [2.45, 2.75) is 6.61 Å². The van der Waals surface area contributed by atoms with Gasteiger partial charge in [-0.05, 0) is 23.8 Å². The number of rotatable bonds is 4. The molecule has 0 spiro atoms. The SMILES string of the molecule is N=C(N)c1ccc(COc2ccc(Cl)cc2Cl)cc1. The fourth-order valence-electron chi connectivity index (χ4n) is 1.53. The molecule has 0 amide bonds. The molecule has 0 radical (unpaired) electrons. The van der Waals surface area contributed by atoms with Crippen LogP contribution in [-0.4, -0.2) is 5.84 Å². The summed E-state index contributed by atoms with van der Waals surface area (Å²) in [7, 11) is 0. The molecular formula is C14H12Cl2N2O. The Morgan fingerprint density at radius 2 is 1.79 bits per heavy atom. The Bertz CT molecular complexity index is 597. The number of nitrogen functional groups attached to an aromatic ring is 1. The molecule has 0 unspecified atom stereocenters. The van der Waals surface area contributed by atoms with Gasteiger partial charge in [-0.1, -0.05) is 47.5 Å². The molecule has 0 aliphatic heterocycles. The van der Waals surface area contributed by atoms with E-state index in [0.29, 0.717) is 28.0 Å². The molecule has 0 aliphatic rings. The largest absolute Gasteiger partial charge is 0.487 e. The summed E-state index contributed by atoms with van der Waals surface area (Å²) >= 11 is 11.8. The summed E-state index contributed by atoms with van der Waals surface area (Å²) in [6, 6.07) is 12.4. The summed E-state index contributed by atoms with van der Waals surface area (Å²) in [4.78, 5) is 0. The quantitative estimate of drug-likeness (QED) is 0.664. The summed E-state index contributed by atoms with van der Waals surface area (Å²) in [5.74, 6) is 0.634. The van der Waals surface area contributed by atoms with E-state index < -0.39 is 0 Å². The van der Waals surface area contributed by atoms with Gasteiger partial charge in [0, 0.05) is 10.6 Å². The van der Waals surface area contributed by atoms with Crippen molar-refractivity contribution in [3.05, 3.63) is 63.6 Å². The average Bonchev–Trinajstić information content (AvgIpc) is 2.38. The van der Waals surface area contributed by atoms with Gasteiger partial charge in [0.2, 0.25) is 0 Å². The Morgan fingerprint density at radius 1 is 1.11 bits per heavy atom. The average molecular weight is 295 g/mol. The lowest BCUT2D eigenvalue weighted by Gasteiger charge is -2.08. The number of hydrogen-bond acceptors (Lipinski definition) is 2. The van der Waals surface area contributed by atoms with E-state index >= 15 is 0 Å². The molecule has 2 rings (SSSR count). The van der Waals surface area contributed by atoms with Crippen LogP contribution in [-0.2, 0) is 6.61 Å². The molecular weight excluding hydrogens is 283 g/mol. The van der Waals surface area contributed by atoms with Gasteiger partial charge in [0.15, 0.2) is 0 Å². The Kier molecular flexibility index (Phi) is 4.30. The Morgan fingerprint density at radius 3 is 2.37 bits per heavy atom. The highest BCUT2D eigenvalue weighted by atomic mass is 35.5. The molecule has 19 heavy (non-hydrogen) atoms. The fraction of sp³-hybridized carbons (Fsp3) is 0.0714. The van der Waals surface area contributed by atoms with E-state index in [0.717, 1.165) is 5.56 Å². The molecule has 2 aromatic carbocycles. The number of hydrogen-bond donors (Lipinski definition) is 2. The van der Waals surface area contributed by atoms with Crippen molar-refractivity contribution in [3.8, 4) is 5.75 Å². The van der Waals surface area contributed by atoms with E-state index in [-0.39, 0.29) is 5.84 Å². The maximum atomic E-state index is 7.31. The molecule has 0 saturated heterocycles. The molecule has 0 aliphatic carbocycles. The first-order valence-corrected chi connectivity index (χ1v) is 6.33. The van der Waals surface area contributed by atoms with Crippen molar-refractivity contribution >= 4 is 29.0 Å². The topological polar surface area (TPSA) is 59.1 Å². The van der Waals surface area contributed by atoms with Gasteiger partial charge in [0.05, 0.1) is 5.02 Å². The van der Waals surface area contributed by atoms with Crippen LogP contribution in [0.4, 0.5) is 0 Å². The molecule has 5 heteroatoms. The number of nitrogens with one attached hydrogen (secondary N) is 1. The third-order valence-electron chi connectivity index (χ3n) is 2.55. The number of nitrogens with two attached hydrogens (primary N) is 1. The molecule has 0 aromatic heterocycles. The number of benzene rings is 2. The van der Waals surface area contributed by atoms with Gasteiger partial charge >= 0.3 is 0 Å². The Hall–Kier alpha value is -1.71. The van der Waals surface area contributed by atoms with E-state index in [1.54, 1.807) is 30.3 Å². The molecule has 3 nitrogen and oxygen atoms in total. The highest BCUT2D eigenvalue weighted by Gasteiger charge is 2.03. The first kappa shape index (κ1) is 13.7. The first-order valence-electron chi connectivity index (χ1n) is 5.57. The smallest absolute Gasteiger partial charge is 0.138 e. The molecule has 98 valence electrons. The maximum Gasteiger partial charge on any atom is 0.138 e. The highest BCUT2D eigenvalue weighted by Crippen LogP contribution is 2.28. The number of halogens is 2. The van der Waals surface area contributed by atoms with Crippen molar-refractivity contribution in [3.63, 3.8) is 0 Å². The summed E-state index contributed by atoms with van der Waals surface area (Å²) in [6.07, 6.45) is 0. The van der Waals surface area contributed by atoms with Crippen molar-refractivity contribution in [1.29, 1.82) is 5.41 Å². The van der Waals surface area contributed by atoms with Gasteiger partial charge in [-0.15, -0.1) is 0 Å². The standard InChI is InChI=1S/C14H12Cl2N2O/c15-11-5-6-13(12(16)7-11)19-8-9-1-3-10(4-2-9)14(17)18/h1-7H,8H2,(H3,17,18). The molecule has 2 aromatic rings. The third-order valence-corrected chi connectivity index (χ3v) is 3.08. The summed E-state index contributed by atoms with van der Waals surface area (Å²) in [5, 5.41) is 8.36. The normalized spacial score (nSPS) is 10.2. The van der Waals surface area contributed by atoms with E-state index in [4.69, 9.17) is 39.1 Å². The minimum atomic E-state index is 0.0493. The van der Waals surface area contributed by atoms with Crippen LogP contribution in [0.25, 0.3) is 0 Å². The second kappa shape index (κ2) is 5.95. The number of amidine groups is 1. The lowest BCUT2D eigenvalue weighted by molar-refractivity contribution is 0.306. The van der Waals surface area contributed by atoms with E-state index in [9.17, 15) is 0 Å². The predicted molar refractivity (Wildman–Crippen MR) is 78.3 cm³/mol. The van der Waals surface area contributed by atoms with E-state index in [2.05, 4.69) is 0 Å². The lowest BCUT2D eigenvalue weighted by Crippen LogP contribution is -2.10. The zero-order valence-corrected chi connectivity index (χ0v) is 11.5. The zero-order chi connectivity index (χ0) is 13.8. The van der Waals surface area contributed by atoms with Gasteiger partial charge in [0.25, 0.3) is 0 Å². The second-order valence-electron chi connectivity index (χ2n) is 3.97. The van der Waals surface area contributed by atoms with Crippen LogP contribution in [0, 0.1) is 5.41 Å². The summed E-state index contributed by atoms with van der Waals surface area (Å²) < 4.78 is 5.60. The summed E-state index contributed by atoms with van der Waals surface area (Å²) in [5.41, 5.74) is 7.04. The van der Waals surface area contributed by atoms with Crippen LogP contribution >= 0.6 is 23.2 Å². The van der Waals surface area contributed by atoms with Gasteiger partial charge in [0.1, 0.15) is 18.2 Å². The predicted octanol–water partition coefficient (Wildman–Crippen LogP) is 3.86. The molecule has 0 heterocycles. The van der Waals surface area contributed by atoms with Crippen molar-refractivity contribution in [2.24, 2.45) is 5.73 Å². The molecule has 0 saturated carbocycles. The Balaban J connectivity index is 2.04. The van der Waals surface area contributed by atoms with Crippen LogP contribution in [0.5, 0.6) is 5.75 Å². The molecule has 0 fully saturated rings. The summed E-state index contributed by atoms with van der Waals surface area (Å²) in [6.45, 7) is 0.388. The fourth-order valence-corrected chi connectivity index (χ4v) is 2.00. The zero-order valence-electron chi connectivity index (χ0n) is 9.99. The highest BCUT2D eigenvalue weighted by molar-refractivity contribution is 6.35. The van der Waals surface area contributed by atoms with Crippen molar-refractivity contribution in [2.75, 3.05) is 0 Å². The van der Waals surface area contributed by atoms with Crippen molar-refractivity contribution < 1.29 is 4.74 Å². The van der Waals surface area contributed by atoms with Crippen LogP contribution < -0.4 is 10.5 Å². The van der Waals surface area contributed by atoms with Crippen molar-refractivity contribution in [1.82, 2.24) is 0 Å². The van der Waals surface area contributed by atoms with Crippen LogP contribution in [0.3, 0.4) is 0 Å². The van der Waals surface area contributed by atoms with Crippen LogP contribution in [0.15, 0.2) is 42.5 Å². The third kappa shape index (κ3) is 3.63. The molecule has 0 atom stereocenters. The van der Waals surface area contributed by atoms with Gasteiger partial charge < -0.3 is 10.5 Å². The minimum absolute atomic E-state index is 0.0493. The first-order chi connectivity index (χ1) is 9.06. The van der Waals surface area contributed by atoms with Crippen LogP contribution in [0.2, 0.25) is 10.0 Å².